The molecule has 0 amide bonds. The summed E-state index contributed by atoms with van der Waals surface area (Å²) in [6, 6.07) is 13.9. The zero-order chi connectivity index (χ0) is 18.5. The number of hydrogen-bond acceptors (Lipinski definition) is 5. The molecule has 3 aromatic heterocycles. The summed E-state index contributed by atoms with van der Waals surface area (Å²) in [5, 5.41) is 18.9. The molecular formula is C19H11ClFN5O. The fourth-order valence-electron chi connectivity index (χ4n) is 3.17. The number of nitrogens with zero attached hydrogens (tertiary/aromatic N) is 5. The zero-order valence-electron chi connectivity index (χ0n) is 14.0. The monoisotopic (exact) mass is 379 g/mol. The van der Waals surface area contributed by atoms with Crippen molar-refractivity contribution >= 4 is 28.0 Å². The van der Waals surface area contributed by atoms with Gasteiger partial charge in [0, 0.05) is 16.3 Å². The number of aryl methyl sites for hydroxylation is 1. The predicted octanol–water partition coefficient (Wildman–Crippen LogP) is 4.70. The van der Waals surface area contributed by atoms with Crippen LogP contribution in [-0.2, 0) is 0 Å². The molecule has 0 bridgehead atoms. The Labute approximate surface area is 157 Å². The Morgan fingerprint density at radius 1 is 1.00 bits per heavy atom. The molecule has 0 radical (unpaired) electrons. The van der Waals surface area contributed by atoms with Crippen LogP contribution in [0.5, 0.6) is 0 Å². The van der Waals surface area contributed by atoms with E-state index in [4.69, 9.17) is 16.1 Å². The second-order valence-corrected chi connectivity index (χ2v) is 6.40. The first-order valence-corrected chi connectivity index (χ1v) is 8.54. The minimum atomic E-state index is -0.405. The highest BCUT2D eigenvalue weighted by molar-refractivity contribution is 6.34. The molecule has 0 fully saturated rings. The second kappa shape index (κ2) is 5.85. The van der Waals surface area contributed by atoms with Crippen molar-refractivity contribution in [3.8, 4) is 22.6 Å². The molecule has 132 valence electrons. The van der Waals surface area contributed by atoms with Gasteiger partial charge in [0.1, 0.15) is 17.3 Å². The molecule has 0 atom stereocenters. The van der Waals surface area contributed by atoms with Gasteiger partial charge >= 0.3 is 0 Å². The first-order chi connectivity index (χ1) is 13.1. The van der Waals surface area contributed by atoms with Crippen LogP contribution in [0, 0.1) is 12.7 Å². The maximum Gasteiger partial charge on any atom is 0.191 e. The van der Waals surface area contributed by atoms with Crippen LogP contribution in [0.1, 0.15) is 5.76 Å². The van der Waals surface area contributed by atoms with E-state index in [9.17, 15) is 4.39 Å². The first-order valence-electron chi connectivity index (χ1n) is 8.16. The Kier molecular flexibility index (Phi) is 3.45. The standard InChI is InChI=1S/C19H11ClFN5O/c1-10-15(16(25-27-10)13-8-4-5-9-14(13)21)19-23-22-18-12-7-3-2-6-11(12)17(20)24-26(18)19/h2-9H,1H3. The number of benzene rings is 2. The molecule has 0 aliphatic heterocycles. The molecule has 2 aromatic carbocycles. The van der Waals surface area contributed by atoms with Gasteiger partial charge in [-0.3, -0.25) is 0 Å². The van der Waals surface area contributed by atoms with Crippen molar-refractivity contribution in [1.29, 1.82) is 0 Å². The van der Waals surface area contributed by atoms with Crippen LogP contribution in [0.25, 0.3) is 39.1 Å². The Bertz CT molecular complexity index is 1330. The molecule has 0 aliphatic rings. The minimum absolute atomic E-state index is 0.313. The minimum Gasteiger partial charge on any atom is -0.360 e. The summed E-state index contributed by atoms with van der Waals surface area (Å²) in [7, 11) is 0. The number of rotatable bonds is 2. The molecule has 0 spiro atoms. The normalized spacial score (nSPS) is 11.5. The average Bonchev–Trinajstić information content (AvgIpc) is 3.25. The van der Waals surface area contributed by atoms with Crippen LogP contribution in [0.2, 0.25) is 5.15 Å². The van der Waals surface area contributed by atoms with E-state index < -0.39 is 5.82 Å². The molecule has 0 aliphatic carbocycles. The third-order valence-corrected chi connectivity index (χ3v) is 4.71. The predicted molar refractivity (Wildman–Crippen MR) is 98.9 cm³/mol. The molecule has 6 nitrogen and oxygen atoms in total. The smallest absolute Gasteiger partial charge is 0.191 e. The molecule has 0 saturated heterocycles. The van der Waals surface area contributed by atoms with Crippen molar-refractivity contribution in [2.24, 2.45) is 0 Å². The van der Waals surface area contributed by atoms with Crippen LogP contribution in [-0.4, -0.2) is 25.0 Å². The van der Waals surface area contributed by atoms with Crippen LogP contribution in [0.3, 0.4) is 0 Å². The highest BCUT2D eigenvalue weighted by Crippen LogP contribution is 2.35. The summed E-state index contributed by atoms with van der Waals surface area (Å²) in [6.45, 7) is 1.73. The summed E-state index contributed by atoms with van der Waals surface area (Å²) >= 11 is 6.36. The molecule has 0 saturated carbocycles. The largest absolute Gasteiger partial charge is 0.360 e. The van der Waals surface area contributed by atoms with Gasteiger partial charge in [-0.1, -0.05) is 53.2 Å². The zero-order valence-corrected chi connectivity index (χ0v) is 14.8. The van der Waals surface area contributed by atoms with E-state index in [1.165, 1.54) is 10.6 Å². The van der Waals surface area contributed by atoms with Gasteiger partial charge in [0.15, 0.2) is 16.6 Å². The highest BCUT2D eigenvalue weighted by atomic mass is 35.5. The molecule has 0 unspecified atom stereocenters. The van der Waals surface area contributed by atoms with Crippen molar-refractivity contribution in [3.63, 3.8) is 0 Å². The maximum absolute atomic E-state index is 14.3. The van der Waals surface area contributed by atoms with Crippen molar-refractivity contribution in [2.45, 2.75) is 6.92 Å². The van der Waals surface area contributed by atoms with Gasteiger partial charge in [-0.2, -0.15) is 9.61 Å². The fraction of sp³-hybridized carbons (Fsp3) is 0.0526. The maximum atomic E-state index is 14.3. The summed E-state index contributed by atoms with van der Waals surface area (Å²) < 4.78 is 21.2. The number of halogens is 2. The van der Waals surface area contributed by atoms with E-state index >= 15 is 0 Å². The Morgan fingerprint density at radius 2 is 1.74 bits per heavy atom. The van der Waals surface area contributed by atoms with Crippen LogP contribution in [0.4, 0.5) is 4.39 Å². The van der Waals surface area contributed by atoms with Gasteiger partial charge < -0.3 is 4.52 Å². The molecule has 27 heavy (non-hydrogen) atoms. The molecular weight excluding hydrogens is 369 g/mol. The van der Waals surface area contributed by atoms with Crippen molar-refractivity contribution in [2.75, 3.05) is 0 Å². The quantitative estimate of drug-likeness (QED) is 0.444. The van der Waals surface area contributed by atoms with Crippen molar-refractivity contribution in [1.82, 2.24) is 25.0 Å². The van der Waals surface area contributed by atoms with Crippen LogP contribution < -0.4 is 0 Å². The first kappa shape index (κ1) is 15.9. The topological polar surface area (TPSA) is 69.1 Å². The van der Waals surface area contributed by atoms with Gasteiger partial charge in [0.25, 0.3) is 0 Å². The van der Waals surface area contributed by atoms with E-state index in [2.05, 4.69) is 20.5 Å². The molecule has 0 N–H and O–H groups in total. The van der Waals surface area contributed by atoms with E-state index in [0.717, 1.165) is 10.8 Å². The second-order valence-electron chi connectivity index (χ2n) is 6.04. The third-order valence-electron chi connectivity index (χ3n) is 4.43. The van der Waals surface area contributed by atoms with Gasteiger partial charge in [0.2, 0.25) is 0 Å². The average molecular weight is 380 g/mol. The number of fused-ring (bicyclic) bond motifs is 3. The van der Waals surface area contributed by atoms with E-state index in [1.807, 2.05) is 24.3 Å². The Morgan fingerprint density at radius 3 is 2.56 bits per heavy atom. The van der Waals surface area contributed by atoms with E-state index in [-0.39, 0.29) is 0 Å². The number of aromatic nitrogens is 5. The summed E-state index contributed by atoms with van der Waals surface area (Å²) in [5.41, 5.74) is 1.72. The lowest BCUT2D eigenvalue weighted by atomic mass is 10.1. The highest BCUT2D eigenvalue weighted by Gasteiger charge is 2.24. The lowest BCUT2D eigenvalue weighted by Gasteiger charge is -2.05. The van der Waals surface area contributed by atoms with Gasteiger partial charge in [0.05, 0.1) is 5.56 Å². The summed E-state index contributed by atoms with van der Waals surface area (Å²) in [4.78, 5) is 0. The van der Waals surface area contributed by atoms with Crippen LogP contribution in [0.15, 0.2) is 53.1 Å². The van der Waals surface area contributed by atoms with Gasteiger partial charge in [-0.25, -0.2) is 4.39 Å². The SMILES string of the molecule is Cc1onc(-c2ccccc2F)c1-c1nnc2c3ccccc3c(Cl)nn12. The molecule has 5 rings (SSSR count). The van der Waals surface area contributed by atoms with Gasteiger partial charge in [-0.05, 0) is 19.1 Å². The molecule has 8 heteroatoms. The summed E-state index contributed by atoms with van der Waals surface area (Å²) in [6.07, 6.45) is 0. The lowest BCUT2D eigenvalue weighted by Crippen LogP contribution is -1.98. The number of hydrogen-bond donors (Lipinski definition) is 0. The van der Waals surface area contributed by atoms with Crippen molar-refractivity contribution < 1.29 is 8.91 Å². The third kappa shape index (κ3) is 2.32. The Balaban J connectivity index is 1.84. The molecule has 5 aromatic rings. The summed E-state index contributed by atoms with van der Waals surface area (Å²) in [5.74, 6) is 0.459. The van der Waals surface area contributed by atoms with E-state index in [1.54, 1.807) is 25.1 Å². The fourth-order valence-corrected chi connectivity index (χ4v) is 3.41. The van der Waals surface area contributed by atoms with Crippen LogP contribution >= 0.6 is 11.6 Å². The van der Waals surface area contributed by atoms with Crippen molar-refractivity contribution in [3.05, 3.63) is 65.3 Å². The Hall–Kier alpha value is -3.32. The van der Waals surface area contributed by atoms with Gasteiger partial charge in [-0.15, -0.1) is 10.2 Å². The molecule has 3 heterocycles. The lowest BCUT2D eigenvalue weighted by molar-refractivity contribution is 0.399. The van der Waals surface area contributed by atoms with E-state index in [0.29, 0.717) is 39.2 Å².